The summed E-state index contributed by atoms with van der Waals surface area (Å²) in [4.78, 5) is 0. The summed E-state index contributed by atoms with van der Waals surface area (Å²) < 4.78 is 5.27. The topological polar surface area (TPSA) is 21.3 Å². The molecule has 0 unspecified atom stereocenters. The predicted octanol–water partition coefficient (Wildman–Crippen LogP) is 2.65. The third kappa shape index (κ3) is 5.50. The molecule has 0 aliphatic rings. The van der Waals surface area contributed by atoms with Crippen LogP contribution in [-0.2, 0) is 11.3 Å². The van der Waals surface area contributed by atoms with Crippen molar-refractivity contribution < 1.29 is 4.74 Å². The van der Waals surface area contributed by atoms with Gasteiger partial charge in [0.15, 0.2) is 0 Å². The lowest BCUT2D eigenvalue weighted by Crippen LogP contribution is -2.19. The van der Waals surface area contributed by atoms with Crippen molar-refractivity contribution in [3.05, 3.63) is 34.9 Å². The van der Waals surface area contributed by atoms with E-state index in [1.807, 2.05) is 0 Å². The zero-order valence-electron chi connectivity index (χ0n) is 10.1. The number of nitrogens with one attached hydrogen (secondary N) is 1. The fraction of sp³-hybridized carbons (Fsp3) is 0.538. The van der Waals surface area contributed by atoms with Crippen LogP contribution in [0.25, 0.3) is 0 Å². The van der Waals surface area contributed by atoms with E-state index in [9.17, 15) is 0 Å². The molecule has 0 saturated carbocycles. The highest BCUT2D eigenvalue weighted by Crippen LogP contribution is 2.08. The first-order valence-electron chi connectivity index (χ1n) is 5.64. The Kier molecular flexibility index (Phi) is 6.46. The Labute approximate surface area is 103 Å². The second kappa shape index (κ2) is 7.66. The summed E-state index contributed by atoms with van der Waals surface area (Å²) in [6.07, 6.45) is 0. The number of halogens is 1. The Balaban J connectivity index is 2.21. The van der Waals surface area contributed by atoms with Gasteiger partial charge in [-0.2, -0.15) is 0 Å². The van der Waals surface area contributed by atoms with Gasteiger partial charge in [0.05, 0.1) is 13.2 Å². The zero-order chi connectivity index (χ0) is 11.8. The summed E-state index contributed by atoms with van der Waals surface area (Å²) in [6, 6.07) is 6.60. The normalized spacial score (nSPS) is 10.7. The molecule has 0 atom stereocenters. The average molecular weight is 242 g/mol. The van der Waals surface area contributed by atoms with Crippen molar-refractivity contribution in [2.75, 3.05) is 25.6 Å². The van der Waals surface area contributed by atoms with E-state index >= 15 is 0 Å². The molecule has 0 aromatic heterocycles. The Morgan fingerprint density at radius 3 is 2.44 bits per heavy atom. The van der Waals surface area contributed by atoms with Gasteiger partial charge in [0.25, 0.3) is 0 Å². The van der Waals surface area contributed by atoms with Crippen LogP contribution < -0.4 is 5.32 Å². The molecule has 1 aromatic carbocycles. The molecule has 0 radical (unpaired) electrons. The SMILES string of the molecule is Cc1cc(C)cc(CNCCOCCCl)c1. The van der Waals surface area contributed by atoms with Crippen LogP contribution in [0.4, 0.5) is 0 Å². The molecule has 0 amide bonds. The van der Waals surface area contributed by atoms with Crippen LogP contribution >= 0.6 is 11.6 Å². The van der Waals surface area contributed by atoms with Crippen LogP contribution in [0.15, 0.2) is 18.2 Å². The van der Waals surface area contributed by atoms with Crippen molar-refractivity contribution in [1.82, 2.24) is 5.32 Å². The van der Waals surface area contributed by atoms with Crippen LogP contribution in [0.5, 0.6) is 0 Å². The second-order valence-electron chi connectivity index (χ2n) is 3.97. The molecule has 0 aliphatic carbocycles. The fourth-order valence-corrected chi connectivity index (χ4v) is 1.81. The Morgan fingerprint density at radius 2 is 1.81 bits per heavy atom. The largest absolute Gasteiger partial charge is 0.379 e. The minimum atomic E-state index is 0.567. The van der Waals surface area contributed by atoms with Crippen molar-refractivity contribution in [2.24, 2.45) is 0 Å². The summed E-state index contributed by atoms with van der Waals surface area (Å²) in [7, 11) is 0. The smallest absolute Gasteiger partial charge is 0.0602 e. The van der Waals surface area contributed by atoms with E-state index in [4.69, 9.17) is 16.3 Å². The van der Waals surface area contributed by atoms with E-state index < -0.39 is 0 Å². The second-order valence-corrected chi connectivity index (χ2v) is 4.35. The number of ether oxygens (including phenoxy) is 1. The van der Waals surface area contributed by atoms with Gasteiger partial charge < -0.3 is 10.1 Å². The van der Waals surface area contributed by atoms with E-state index in [1.165, 1.54) is 16.7 Å². The molecule has 2 nitrogen and oxygen atoms in total. The highest BCUT2D eigenvalue weighted by atomic mass is 35.5. The Bertz CT molecular complexity index is 295. The lowest BCUT2D eigenvalue weighted by atomic mass is 10.1. The first-order chi connectivity index (χ1) is 7.72. The van der Waals surface area contributed by atoms with Gasteiger partial charge in [0.1, 0.15) is 0 Å². The van der Waals surface area contributed by atoms with Gasteiger partial charge in [-0.05, 0) is 19.4 Å². The summed E-state index contributed by atoms with van der Waals surface area (Å²) in [5, 5.41) is 3.35. The summed E-state index contributed by atoms with van der Waals surface area (Å²) in [5.74, 6) is 0.567. The summed E-state index contributed by atoms with van der Waals surface area (Å²) >= 11 is 5.50. The molecule has 0 heterocycles. The van der Waals surface area contributed by atoms with E-state index in [0.717, 1.165) is 19.7 Å². The van der Waals surface area contributed by atoms with Gasteiger partial charge in [-0.1, -0.05) is 29.3 Å². The third-order valence-electron chi connectivity index (χ3n) is 2.26. The summed E-state index contributed by atoms with van der Waals surface area (Å²) in [6.45, 7) is 7.36. The molecule has 0 saturated heterocycles. The van der Waals surface area contributed by atoms with Crippen LogP contribution in [0.3, 0.4) is 0 Å². The quantitative estimate of drug-likeness (QED) is 0.586. The molecule has 0 spiro atoms. The standard InChI is InChI=1S/C13H20ClNO/c1-11-7-12(2)9-13(8-11)10-15-4-6-16-5-3-14/h7-9,15H,3-6,10H2,1-2H3. The molecular weight excluding hydrogens is 222 g/mol. The van der Waals surface area contributed by atoms with E-state index in [1.54, 1.807) is 0 Å². The highest BCUT2D eigenvalue weighted by molar-refractivity contribution is 6.17. The maximum absolute atomic E-state index is 5.50. The highest BCUT2D eigenvalue weighted by Gasteiger charge is 1.95. The summed E-state index contributed by atoms with van der Waals surface area (Å²) in [5.41, 5.74) is 3.96. The van der Waals surface area contributed by atoms with Crippen molar-refractivity contribution >= 4 is 11.6 Å². The number of benzene rings is 1. The Hall–Kier alpha value is -0.570. The average Bonchev–Trinajstić information content (AvgIpc) is 2.22. The van der Waals surface area contributed by atoms with E-state index in [-0.39, 0.29) is 0 Å². The van der Waals surface area contributed by atoms with Crippen LogP contribution in [0.2, 0.25) is 0 Å². The maximum Gasteiger partial charge on any atom is 0.0602 e. The first kappa shape index (κ1) is 13.5. The van der Waals surface area contributed by atoms with Crippen LogP contribution in [-0.4, -0.2) is 25.6 Å². The van der Waals surface area contributed by atoms with Crippen molar-refractivity contribution in [3.8, 4) is 0 Å². The lowest BCUT2D eigenvalue weighted by Gasteiger charge is -2.07. The minimum absolute atomic E-state index is 0.567. The van der Waals surface area contributed by atoms with E-state index in [2.05, 4.69) is 37.4 Å². The molecule has 90 valence electrons. The molecule has 0 aliphatic heterocycles. The zero-order valence-corrected chi connectivity index (χ0v) is 10.8. The molecule has 1 aromatic rings. The monoisotopic (exact) mass is 241 g/mol. The fourth-order valence-electron chi connectivity index (χ4n) is 1.70. The van der Waals surface area contributed by atoms with Gasteiger partial charge in [0, 0.05) is 19.0 Å². The molecule has 1 rings (SSSR count). The van der Waals surface area contributed by atoms with Crippen molar-refractivity contribution in [2.45, 2.75) is 20.4 Å². The van der Waals surface area contributed by atoms with Gasteiger partial charge in [-0.25, -0.2) is 0 Å². The lowest BCUT2D eigenvalue weighted by molar-refractivity contribution is 0.151. The predicted molar refractivity (Wildman–Crippen MR) is 69.2 cm³/mol. The molecule has 16 heavy (non-hydrogen) atoms. The van der Waals surface area contributed by atoms with Crippen molar-refractivity contribution in [1.29, 1.82) is 0 Å². The van der Waals surface area contributed by atoms with Gasteiger partial charge in [0.2, 0.25) is 0 Å². The van der Waals surface area contributed by atoms with Crippen LogP contribution in [0, 0.1) is 13.8 Å². The number of aryl methyl sites for hydroxylation is 2. The van der Waals surface area contributed by atoms with Crippen molar-refractivity contribution in [3.63, 3.8) is 0 Å². The van der Waals surface area contributed by atoms with Gasteiger partial charge >= 0.3 is 0 Å². The van der Waals surface area contributed by atoms with E-state index in [0.29, 0.717) is 12.5 Å². The van der Waals surface area contributed by atoms with Gasteiger partial charge in [-0.3, -0.25) is 0 Å². The number of alkyl halides is 1. The minimum Gasteiger partial charge on any atom is -0.379 e. The molecule has 0 fully saturated rings. The maximum atomic E-state index is 5.50. The van der Waals surface area contributed by atoms with Crippen LogP contribution in [0.1, 0.15) is 16.7 Å². The third-order valence-corrected chi connectivity index (χ3v) is 2.41. The molecular formula is C13H20ClNO. The molecule has 1 N–H and O–H groups in total. The molecule has 3 heteroatoms. The van der Waals surface area contributed by atoms with Gasteiger partial charge in [-0.15, -0.1) is 11.6 Å². The number of rotatable bonds is 7. The number of hydrogen-bond acceptors (Lipinski definition) is 2. The first-order valence-corrected chi connectivity index (χ1v) is 6.17. The molecule has 0 bridgehead atoms. The number of hydrogen-bond donors (Lipinski definition) is 1. The Morgan fingerprint density at radius 1 is 1.12 bits per heavy atom.